The Morgan fingerprint density at radius 3 is 2.04 bits per heavy atom. The average molecular weight is 343 g/mol. The lowest BCUT2D eigenvalue weighted by atomic mass is 9.99. The number of hydrogen-bond donors (Lipinski definition) is 1. The molecule has 0 amide bonds. The summed E-state index contributed by atoms with van der Waals surface area (Å²) in [5.41, 5.74) is 3.57. The number of rotatable bonds is 3. The van der Waals surface area contributed by atoms with Crippen LogP contribution in [0.15, 0.2) is 71.4 Å². The Balaban J connectivity index is 2.05. The highest BCUT2D eigenvalue weighted by Crippen LogP contribution is 2.42. The van der Waals surface area contributed by atoms with Gasteiger partial charge < -0.3 is 9.73 Å². The summed E-state index contributed by atoms with van der Waals surface area (Å²) in [6.45, 7) is 6.34. The fraction of sp³-hybridized carbons (Fsp3) is 0.182. The normalized spacial score (nSPS) is 11.7. The van der Waals surface area contributed by atoms with Crippen LogP contribution in [0.2, 0.25) is 0 Å². The summed E-state index contributed by atoms with van der Waals surface area (Å²) >= 11 is 0. The molecule has 0 radical (unpaired) electrons. The van der Waals surface area contributed by atoms with E-state index in [1.165, 1.54) is 0 Å². The highest BCUT2D eigenvalue weighted by atomic mass is 16.3. The smallest absolute Gasteiger partial charge is 0.232 e. The maximum absolute atomic E-state index is 6.20. The zero-order valence-corrected chi connectivity index (χ0v) is 15.2. The molecule has 4 aromatic rings. The third kappa shape index (κ3) is 3.06. The first-order valence-corrected chi connectivity index (χ1v) is 8.69. The van der Waals surface area contributed by atoms with Crippen molar-refractivity contribution < 1.29 is 4.42 Å². The maximum Gasteiger partial charge on any atom is 0.232 e. The van der Waals surface area contributed by atoms with Crippen molar-refractivity contribution in [2.24, 2.45) is 0 Å². The van der Waals surface area contributed by atoms with Crippen LogP contribution in [0, 0.1) is 0 Å². The van der Waals surface area contributed by atoms with Gasteiger partial charge >= 0.3 is 0 Å². The minimum atomic E-state index is -0.126. The van der Waals surface area contributed by atoms with Crippen LogP contribution in [0.4, 0.5) is 5.82 Å². The van der Waals surface area contributed by atoms with E-state index >= 15 is 0 Å². The van der Waals surface area contributed by atoms with Gasteiger partial charge in [0.25, 0.3) is 0 Å². The van der Waals surface area contributed by atoms with Gasteiger partial charge in [0, 0.05) is 16.7 Å². The van der Waals surface area contributed by atoms with E-state index in [0.29, 0.717) is 5.71 Å². The first-order valence-electron chi connectivity index (χ1n) is 8.69. The van der Waals surface area contributed by atoms with Crippen molar-refractivity contribution in [3.8, 4) is 22.5 Å². The first kappa shape index (κ1) is 16.3. The van der Waals surface area contributed by atoms with Crippen molar-refractivity contribution in [2.75, 3.05) is 5.32 Å². The lowest BCUT2D eigenvalue weighted by molar-refractivity contribution is 0.616. The van der Waals surface area contributed by atoms with Crippen LogP contribution < -0.4 is 5.32 Å². The monoisotopic (exact) mass is 343 g/mol. The van der Waals surface area contributed by atoms with Gasteiger partial charge in [0.05, 0.1) is 5.39 Å². The van der Waals surface area contributed by atoms with Gasteiger partial charge in [0.1, 0.15) is 17.9 Å². The molecule has 0 saturated heterocycles. The summed E-state index contributed by atoms with van der Waals surface area (Å²) in [6, 6.07) is 20.4. The number of nitrogens with zero attached hydrogens (tertiary/aromatic N) is 2. The fourth-order valence-corrected chi connectivity index (χ4v) is 3.06. The molecule has 0 aliphatic heterocycles. The van der Waals surface area contributed by atoms with E-state index in [4.69, 9.17) is 4.42 Å². The SMILES string of the molecule is CC(C)(C)Nc1ncnc2oc(-c3ccccc3)c(-c3ccccc3)c12. The van der Waals surface area contributed by atoms with Gasteiger partial charge in [0.15, 0.2) is 0 Å². The molecule has 26 heavy (non-hydrogen) atoms. The second-order valence-corrected chi connectivity index (χ2v) is 7.32. The van der Waals surface area contributed by atoms with Crippen LogP contribution in [0.3, 0.4) is 0 Å². The summed E-state index contributed by atoms with van der Waals surface area (Å²) < 4.78 is 6.20. The number of hydrogen-bond acceptors (Lipinski definition) is 4. The fourth-order valence-electron chi connectivity index (χ4n) is 3.06. The van der Waals surface area contributed by atoms with E-state index in [-0.39, 0.29) is 5.54 Å². The molecule has 2 heterocycles. The van der Waals surface area contributed by atoms with Crippen LogP contribution in [0.5, 0.6) is 0 Å². The van der Waals surface area contributed by atoms with Gasteiger partial charge in [0.2, 0.25) is 5.71 Å². The van der Waals surface area contributed by atoms with Gasteiger partial charge in [-0.1, -0.05) is 60.7 Å². The molecule has 0 aliphatic carbocycles. The molecule has 0 spiro atoms. The second kappa shape index (κ2) is 6.30. The molecule has 0 fully saturated rings. The molecule has 4 heteroatoms. The number of benzene rings is 2. The molecule has 130 valence electrons. The van der Waals surface area contributed by atoms with E-state index in [1.54, 1.807) is 6.33 Å². The van der Waals surface area contributed by atoms with Crippen LogP contribution in [0.25, 0.3) is 33.6 Å². The van der Waals surface area contributed by atoms with Crippen LogP contribution in [-0.4, -0.2) is 15.5 Å². The molecular weight excluding hydrogens is 322 g/mol. The Bertz CT molecular complexity index is 1030. The standard InChI is InChI=1S/C22H21N3O/c1-22(2,3)25-20-18-17(15-10-6-4-7-11-15)19(16-12-8-5-9-13-16)26-21(18)24-14-23-20/h4-14H,1-3H3,(H,23,24,25). The summed E-state index contributed by atoms with van der Waals surface area (Å²) in [5, 5.41) is 4.40. The molecule has 4 nitrogen and oxygen atoms in total. The Morgan fingerprint density at radius 2 is 1.42 bits per heavy atom. The van der Waals surface area contributed by atoms with Crippen LogP contribution >= 0.6 is 0 Å². The molecule has 4 rings (SSSR count). The molecule has 0 aliphatic rings. The number of furan rings is 1. The predicted molar refractivity (Wildman–Crippen MR) is 106 cm³/mol. The molecule has 2 aromatic carbocycles. The van der Waals surface area contributed by atoms with Gasteiger partial charge in [-0.25, -0.2) is 9.97 Å². The van der Waals surface area contributed by atoms with E-state index in [2.05, 4.69) is 60.3 Å². The lowest BCUT2D eigenvalue weighted by Crippen LogP contribution is -2.26. The Hall–Kier alpha value is -3.14. The number of fused-ring (bicyclic) bond motifs is 1. The molecular formula is C22H21N3O. The highest BCUT2D eigenvalue weighted by Gasteiger charge is 2.23. The van der Waals surface area contributed by atoms with Crippen LogP contribution in [0.1, 0.15) is 20.8 Å². The Morgan fingerprint density at radius 1 is 0.808 bits per heavy atom. The van der Waals surface area contributed by atoms with Crippen molar-refractivity contribution in [2.45, 2.75) is 26.3 Å². The summed E-state index contributed by atoms with van der Waals surface area (Å²) in [4.78, 5) is 8.89. The van der Waals surface area contributed by atoms with E-state index < -0.39 is 0 Å². The average Bonchev–Trinajstić information content (AvgIpc) is 3.03. The topological polar surface area (TPSA) is 51.0 Å². The van der Waals surface area contributed by atoms with E-state index in [1.807, 2.05) is 36.4 Å². The van der Waals surface area contributed by atoms with Crippen molar-refractivity contribution in [3.05, 3.63) is 67.0 Å². The number of nitrogens with one attached hydrogen (secondary N) is 1. The van der Waals surface area contributed by atoms with Gasteiger partial charge in [-0.2, -0.15) is 0 Å². The van der Waals surface area contributed by atoms with Crippen molar-refractivity contribution >= 4 is 16.9 Å². The predicted octanol–water partition coefficient (Wildman–Crippen LogP) is 5.77. The summed E-state index contributed by atoms with van der Waals surface area (Å²) in [5.74, 6) is 1.59. The largest absolute Gasteiger partial charge is 0.437 e. The number of anilines is 1. The first-order chi connectivity index (χ1) is 12.5. The molecule has 2 aromatic heterocycles. The summed E-state index contributed by atoms with van der Waals surface area (Å²) in [7, 11) is 0. The Kier molecular flexibility index (Phi) is 3.96. The molecule has 0 atom stereocenters. The van der Waals surface area contributed by atoms with Gasteiger partial charge in [-0.05, 0) is 26.3 Å². The molecule has 0 saturated carbocycles. The van der Waals surface area contributed by atoms with Crippen molar-refractivity contribution in [1.82, 2.24) is 9.97 Å². The van der Waals surface area contributed by atoms with E-state index in [9.17, 15) is 0 Å². The third-order valence-corrected chi connectivity index (χ3v) is 4.08. The maximum atomic E-state index is 6.20. The minimum Gasteiger partial charge on any atom is -0.437 e. The minimum absolute atomic E-state index is 0.126. The van der Waals surface area contributed by atoms with Gasteiger partial charge in [-0.15, -0.1) is 0 Å². The molecule has 0 unspecified atom stereocenters. The molecule has 1 N–H and O–H groups in total. The van der Waals surface area contributed by atoms with E-state index in [0.717, 1.165) is 33.7 Å². The van der Waals surface area contributed by atoms with Gasteiger partial charge in [-0.3, -0.25) is 0 Å². The quantitative estimate of drug-likeness (QED) is 0.513. The Labute approximate surface area is 152 Å². The molecule has 0 bridgehead atoms. The second-order valence-electron chi connectivity index (χ2n) is 7.32. The zero-order chi connectivity index (χ0) is 18.1. The lowest BCUT2D eigenvalue weighted by Gasteiger charge is -2.21. The zero-order valence-electron chi connectivity index (χ0n) is 15.2. The third-order valence-electron chi connectivity index (χ3n) is 4.08. The van der Waals surface area contributed by atoms with Crippen molar-refractivity contribution in [1.29, 1.82) is 0 Å². The van der Waals surface area contributed by atoms with Crippen LogP contribution in [-0.2, 0) is 0 Å². The number of aromatic nitrogens is 2. The summed E-state index contributed by atoms with van der Waals surface area (Å²) in [6.07, 6.45) is 1.55. The van der Waals surface area contributed by atoms with Crippen molar-refractivity contribution in [3.63, 3.8) is 0 Å². The highest BCUT2D eigenvalue weighted by molar-refractivity contribution is 6.05.